The second-order valence-corrected chi connectivity index (χ2v) is 7.57. The minimum absolute atomic E-state index is 0.0752. The van der Waals surface area contributed by atoms with E-state index < -0.39 is 47.9 Å². The normalized spacial score (nSPS) is 14.3. The number of nitrogens with one attached hydrogen (secondary N) is 4. The molecule has 0 saturated carbocycles. The molecule has 11 N–H and O–H groups in total. The van der Waals surface area contributed by atoms with Gasteiger partial charge in [0, 0.05) is 30.6 Å². The molecule has 0 saturated heterocycles. The van der Waals surface area contributed by atoms with Gasteiger partial charge < -0.3 is 43.2 Å². The highest BCUT2D eigenvalue weighted by atomic mass is 32.1. The highest BCUT2D eigenvalue weighted by molar-refractivity contribution is 7.80. The minimum Gasteiger partial charge on any atom is -0.480 e. The van der Waals surface area contributed by atoms with Gasteiger partial charge >= 0.3 is 5.97 Å². The van der Waals surface area contributed by atoms with Crippen LogP contribution in [0.4, 0.5) is 0 Å². The van der Waals surface area contributed by atoms with Crippen LogP contribution in [0.2, 0.25) is 0 Å². The van der Waals surface area contributed by atoms with Crippen LogP contribution in [0.15, 0.2) is 17.5 Å². The van der Waals surface area contributed by atoms with E-state index in [0.29, 0.717) is 12.1 Å². The van der Waals surface area contributed by atoms with Crippen molar-refractivity contribution in [1.82, 2.24) is 25.9 Å². The number of carboxylic acids is 1. The van der Waals surface area contributed by atoms with E-state index in [4.69, 9.17) is 17.2 Å². The fourth-order valence-electron chi connectivity index (χ4n) is 2.64. The van der Waals surface area contributed by atoms with Gasteiger partial charge in [-0.15, -0.1) is 0 Å². The number of imidazole rings is 1. The molecule has 4 unspecified atom stereocenters. The topological polar surface area (TPSA) is 244 Å². The lowest BCUT2D eigenvalue weighted by atomic mass is 10.1. The summed E-state index contributed by atoms with van der Waals surface area (Å²) in [7, 11) is 0. The van der Waals surface area contributed by atoms with Gasteiger partial charge in [-0.25, -0.2) is 9.78 Å². The molecule has 4 atom stereocenters. The molecule has 0 aliphatic carbocycles. The highest BCUT2D eigenvalue weighted by Crippen LogP contribution is 2.01. The number of carbonyl (C=O) groups excluding carboxylic acids is 3. The number of aliphatic imine (C=N–C) groups is 1. The number of hydrogen-bond acceptors (Lipinski definition) is 8. The largest absolute Gasteiger partial charge is 0.480 e. The van der Waals surface area contributed by atoms with Crippen molar-refractivity contribution in [3.05, 3.63) is 18.2 Å². The first-order chi connectivity index (χ1) is 15.5. The third-order valence-corrected chi connectivity index (χ3v) is 4.82. The van der Waals surface area contributed by atoms with Gasteiger partial charge in [0.05, 0.1) is 12.4 Å². The van der Waals surface area contributed by atoms with Crippen LogP contribution in [0.5, 0.6) is 0 Å². The lowest BCUT2D eigenvalue weighted by molar-refractivity contribution is -0.142. The molecule has 1 aromatic rings. The Morgan fingerprint density at radius 1 is 1.15 bits per heavy atom. The maximum Gasteiger partial charge on any atom is 0.326 e. The van der Waals surface area contributed by atoms with Crippen LogP contribution < -0.4 is 33.2 Å². The summed E-state index contributed by atoms with van der Waals surface area (Å²) in [5.74, 6) is -3.42. The summed E-state index contributed by atoms with van der Waals surface area (Å²) in [6.45, 7) is 1.63. The second-order valence-electron chi connectivity index (χ2n) is 7.21. The van der Waals surface area contributed by atoms with Crippen molar-refractivity contribution in [3.63, 3.8) is 0 Å². The van der Waals surface area contributed by atoms with E-state index in [1.165, 1.54) is 19.4 Å². The number of nitrogens with two attached hydrogens (primary N) is 3. The van der Waals surface area contributed by atoms with Crippen LogP contribution in [-0.4, -0.2) is 81.2 Å². The molecule has 0 aliphatic heterocycles. The molecule has 3 amide bonds. The van der Waals surface area contributed by atoms with E-state index >= 15 is 0 Å². The lowest BCUT2D eigenvalue weighted by Gasteiger charge is -2.22. The van der Waals surface area contributed by atoms with Crippen LogP contribution in [0.1, 0.15) is 25.5 Å². The lowest BCUT2D eigenvalue weighted by Crippen LogP contribution is -2.57. The second kappa shape index (κ2) is 13.9. The van der Waals surface area contributed by atoms with E-state index in [2.05, 4.69) is 43.5 Å². The zero-order chi connectivity index (χ0) is 25.0. The molecular weight excluding hydrogens is 454 g/mol. The van der Waals surface area contributed by atoms with E-state index in [9.17, 15) is 24.3 Å². The molecular formula is C18H31N9O5S. The molecule has 15 heteroatoms. The van der Waals surface area contributed by atoms with Gasteiger partial charge in [0.15, 0.2) is 5.96 Å². The predicted octanol–water partition coefficient (Wildman–Crippen LogP) is -3.18. The SMILES string of the molecule is CC(NC(=O)C(N)Cc1cnc[nH]1)C(=O)NC(CS)C(=O)NC(CCCN=C(N)N)C(=O)O. The number of carbonyl (C=O) groups is 4. The Hall–Kier alpha value is -3.33. The van der Waals surface area contributed by atoms with Crippen LogP contribution in [0, 0.1) is 0 Å². The van der Waals surface area contributed by atoms with Crippen LogP contribution >= 0.6 is 12.6 Å². The quantitative estimate of drug-likeness (QED) is 0.0557. The van der Waals surface area contributed by atoms with Crippen LogP contribution in [0.25, 0.3) is 0 Å². The van der Waals surface area contributed by atoms with E-state index in [-0.39, 0.29) is 31.1 Å². The van der Waals surface area contributed by atoms with E-state index in [1.807, 2.05) is 0 Å². The monoisotopic (exact) mass is 485 g/mol. The number of carboxylic acid groups (broad SMARTS) is 1. The molecule has 33 heavy (non-hydrogen) atoms. The third kappa shape index (κ3) is 10.2. The number of amides is 3. The van der Waals surface area contributed by atoms with Crippen molar-refractivity contribution in [2.45, 2.75) is 50.4 Å². The standard InChI is InChI=1S/C18H31N9O5S/c1-9(25-15(29)11(19)5-10-6-22-8-24-10)14(28)27-13(7-33)16(30)26-12(17(31)32)3-2-4-23-18(20)21/h6,8-9,11-13,33H,2-5,7,19H2,1H3,(H,22,24)(H,25,29)(H,26,30)(H,27,28)(H,31,32)(H4,20,21,23). The van der Waals surface area contributed by atoms with Crippen molar-refractivity contribution < 1.29 is 24.3 Å². The van der Waals surface area contributed by atoms with Crippen molar-refractivity contribution in [2.75, 3.05) is 12.3 Å². The number of hydrogen-bond donors (Lipinski definition) is 9. The molecule has 184 valence electrons. The van der Waals surface area contributed by atoms with Crippen LogP contribution in [-0.2, 0) is 25.6 Å². The Morgan fingerprint density at radius 3 is 2.36 bits per heavy atom. The van der Waals surface area contributed by atoms with Crippen molar-refractivity contribution >= 4 is 42.3 Å². The zero-order valence-corrected chi connectivity index (χ0v) is 19.0. The first-order valence-electron chi connectivity index (χ1n) is 10.1. The minimum atomic E-state index is -1.25. The molecule has 0 spiro atoms. The number of H-pyrrole nitrogens is 1. The molecule has 0 aromatic carbocycles. The summed E-state index contributed by atoms with van der Waals surface area (Å²) >= 11 is 4.05. The molecule has 0 fully saturated rings. The predicted molar refractivity (Wildman–Crippen MR) is 123 cm³/mol. The summed E-state index contributed by atoms with van der Waals surface area (Å²) < 4.78 is 0. The number of thiol groups is 1. The summed E-state index contributed by atoms with van der Waals surface area (Å²) in [4.78, 5) is 59.0. The number of nitrogens with zero attached hydrogens (tertiary/aromatic N) is 2. The maximum atomic E-state index is 12.5. The van der Waals surface area contributed by atoms with Gasteiger partial charge in [0.2, 0.25) is 17.7 Å². The molecule has 0 aliphatic rings. The fourth-order valence-corrected chi connectivity index (χ4v) is 2.89. The summed E-state index contributed by atoms with van der Waals surface area (Å²) in [5, 5.41) is 16.6. The van der Waals surface area contributed by atoms with Crippen molar-refractivity contribution in [3.8, 4) is 0 Å². The molecule has 1 heterocycles. The number of aliphatic carboxylic acids is 1. The summed E-state index contributed by atoms with van der Waals surface area (Å²) in [6, 6.07) is -4.25. The third-order valence-electron chi connectivity index (χ3n) is 4.46. The Kier molecular flexibility index (Phi) is 11.7. The van der Waals surface area contributed by atoms with Gasteiger partial charge in [0.1, 0.15) is 18.1 Å². The van der Waals surface area contributed by atoms with Gasteiger partial charge in [-0.2, -0.15) is 12.6 Å². The maximum absolute atomic E-state index is 12.5. The Morgan fingerprint density at radius 2 is 1.82 bits per heavy atom. The highest BCUT2D eigenvalue weighted by Gasteiger charge is 2.28. The Balaban J connectivity index is 2.58. The van der Waals surface area contributed by atoms with Gasteiger partial charge in [-0.3, -0.25) is 19.4 Å². The first-order valence-corrected chi connectivity index (χ1v) is 10.7. The van der Waals surface area contributed by atoms with Crippen LogP contribution in [0.3, 0.4) is 0 Å². The average Bonchev–Trinajstić information content (AvgIpc) is 3.26. The van der Waals surface area contributed by atoms with Gasteiger partial charge in [0.25, 0.3) is 0 Å². The van der Waals surface area contributed by atoms with Crippen molar-refractivity contribution in [1.29, 1.82) is 0 Å². The molecule has 14 nitrogen and oxygen atoms in total. The molecule has 0 bridgehead atoms. The summed E-state index contributed by atoms with van der Waals surface area (Å²) in [5.41, 5.74) is 16.9. The number of rotatable bonds is 14. The van der Waals surface area contributed by atoms with Crippen molar-refractivity contribution in [2.24, 2.45) is 22.2 Å². The molecule has 1 aromatic heterocycles. The number of aromatic amines is 1. The Bertz CT molecular complexity index is 829. The van der Waals surface area contributed by atoms with E-state index in [0.717, 1.165) is 0 Å². The smallest absolute Gasteiger partial charge is 0.326 e. The summed E-state index contributed by atoms with van der Waals surface area (Å²) in [6.07, 6.45) is 3.57. The Labute approximate surface area is 195 Å². The number of aromatic nitrogens is 2. The first kappa shape index (κ1) is 27.7. The van der Waals surface area contributed by atoms with E-state index in [1.54, 1.807) is 0 Å². The molecule has 0 radical (unpaired) electrons. The van der Waals surface area contributed by atoms with Gasteiger partial charge in [-0.1, -0.05) is 0 Å². The average molecular weight is 486 g/mol. The number of guanidine groups is 1. The molecule has 1 rings (SSSR count). The van der Waals surface area contributed by atoms with Gasteiger partial charge in [-0.05, 0) is 19.8 Å². The fraction of sp³-hybridized carbons (Fsp3) is 0.556. The zero-order valence-electron chi connectivity index (χ0n) is 18.2.